The van der Waals surface area contributed by atoms with Crippen LogP contribution in [0.5, 0.6) is 0 Å². The van der Waals surface area contributed by atoms with Crippen molar-refractivity contribution in [3.63, 3.8) is 0 Å². The molecule has 0 bridgehead atoms. The van der Waals surface area contributed by atoms with Gasteiger partial charge in [0.2, 0.25) is 0 Å². The summed E-state index contributed by atoms with van der Waals surface area (Å²) in [6.07, 6.45) is 1.03. The van der Waals surface area contributed by atoms with Crippen molar-refractivity contribution in [1.82, 2.24) is 4.98 Å². The molecule has 4 heteroatoms. The molecule has 3 nitrogen and oxygen atoms in total. The predicted octanol–water partition coefficient (Wildman–Crippen LogP) is 1.04. The Morgan fingerprint density at radius 3 is 2.92 bits per heavy atom. The lowest BCUT2D eigenvalue weighted by Gasteiger charge is -2.19. The Morgan fingerprint density at radius 1 is 1.69 bits per heavy atom. The van der Waals surface area contributed by atoms with Crippen LogP contribution in [0.3, 0.4) is 0 Å². The number of aliphatic hydroxyl groups is 1. The third kappa shape index (κ3) is 2.66. The number of likely N-dealkylation sites (N-methyl/N-ethyl adjacent to an activating group) is 1. The molecule has 1 unspecified atom stereocenters. The SMILES string of the molecule is CC(O)CN(C)c1ncccc1F. The maximum atomic E-state index is 13.1. The van der Waals surface area contributed by atoms with Gasteiger partial charge in [-0.2, -0.15) is 0 Å². The maximum Gasteiger partial charge on any atom is 0.165 e. The smallest absolute Gasteiger partial charge is 0.165 e. The average Bonchev–Trinajstić information content (AvgIpc) is 2.03. The molecule has 0 saturated heterocycles. The fraction of sp³-hybridized carbons (Fsp3) is 0.444. The first kappa shape index (κ1) is 9.92. The van der Waals surface area contributed by atoms with E-state index in [1.807, 2.05) is 0 Å². The molecule has 0 spiro atoms. The van der Waals surface area contributed by atoms with Crippen LogP contribution in [0, 0.1) is 5.82 Å². The summed E-state index contributed by atoms with van der Waals surface area (Å²) in [5.41, 5.74) is 0. The monoisotopic (exact) mass is 184 g/mol. The van der Waals surface area contributed by atoms with E-state index in [1.165, 1.54) is 18.3 Å². The fourth-order valence-electron chi connectivity index (χ4n) is 1.14. The number of pyridine rings is 1. The Kier molecular flexibility index (Phi) is 3.19. The van der Waals surface area contributed by atoms with Gasteiger partial charge in [0, 0.05) is 19.8 Å². The quantitative estimate of drug-likeness (QED) is 0.762. The van der Waals surface area contributed by atoms with Crippen LogP contribution in [0.2, 0.25) is 0 Å². The van der Waals surface area contributed by atoms with Gasteiger partial charge in [-0.15, -0.1) is 0 Å². The Hall–Kier alpha value is -1.16. The second-order valence-electron chi connectivity index (χ2n) is 3.04. The third-order valence-corrected chi connectivity index (χ3v) is 1.64. The number of aliphatic hydroxyl groups excluding tert-OH is 1. The van der Waals surface area contributed by atoms with E-state index in [0.717, 1.165) is 0 Å². The van der Waals surface area contributed by atoms with Crippen molar-refractivity contribution < 1.29 is 9.50 Å². The highest BCUT2D eigenvalue weighted by Crippen LogP contribution is 2.13. The molecular weight excluding hydrogens is 171 g/mol. The van der Waals surface area contributed by atoms with Crippen molar-refractivity contribution in [3.05, 3.63) is 24.1 Å². The summed E-state index contributed by atoms with van der Waals surface area (Å²) in [7, 11) is 1.69. The topological polar surface area (TPSA) is 36.4 Å². The lowest BCUT2D eigenvalue weighted by molar-refractivity contribution is 0.201. The Bertz CT molecular complexity index is 278. The zero-order valence-electron chi connectivity index (χ0n) is 7.74. The lowest BCUT2D eigenvalue weighted by atomic mass is 10.3. The molecule has 1 heterocycles. The van der Waals surface area contributed by atoms with Gasteiger partial charge in [-0.3, -0.25) is 0 Å². The molecule has 1 aromatic heterocycles. The lowest BCUT2D eigenvalue weighted by Crippen LogP contribution is -2.28. The summed E-state index contributed by atoms with van der Waals surface area (Å²) in [6, 6.07) is 2.88. The number of halogens is 1. The van der Waals surface area contributed by atoms with E-state index in [4.69, 9.17) is 5.11 Å². The van der Waals surface area contributed by atoms with Crippen molar-refractivity contribution in [2.24, 2.45) is 0 Å². The summed E-state index contributed by atoms with van der Waals surface area (Å²) >= 11 is 0. The molecule has 0 fully saturated rings. The van der Waals surface area contributed by atoms with Crippen LogP contribution in [-0.2, 0) is 0 Å². The van der Waals surface area contributed by atoms with Crippen LogP contribution in [0.15, 0.2) is 18.3 Å². The molecule has 0 amide bonds. The molecule has 0 saturated carbocycles. The van der Waals surface area contributed by atoms with E-state index in [0.29, 0.717) is 6.54 Å². The van der Waals surface area contributed by atoms with Gasteiger partial charge in [0.1, 0.15) is 0 Å². The van der Waals surface area contributed by atoms with Crippen LogP contribution in [0.1, 0.15) is 6.92 Å². The normalized spacial score (nSPS) is 12.6. The minimum atomic E-state index is -0.494. The fourth-order valence-corrected chi connectivity index (χ4v) is 1.14. The van der Waals surface area contributed by atoms with Crippen molar-refractivity contribution >= 4 is 5.82 Å². The summed E-state index contributed by atoms with van der Waals surface area (Å²) in [6.45, 7) is 2.02. The van der Waals surface area contributed by atoms with Crippen LogP contribution >= 0.6 is 0 Å². The molecule has 0 aromatic carbocycles. The van der Waals surface area contributed by atoms with E-state index in [-0.39, 0.29) is 11.6 Å². The molecule has 0 aliphatic rings. The summed E-state index contributed by atoms with van der Waals surface area (Å²) in [5.74, 6) is -0.103. The molecule has 72 valence electrons. The van der Waals surface area contributed by atoms with Crippen LogP contribution in [-0.4, -0.2) is 29.8 Å². The van der Waals surface area contributed by atoms with Crippen molar-refractivity contribution in [3.8, 4) is 0 Å². The molecular formula is C9H13FN2O. The number of anilines is 1. The Morgan fingerprint density at radius 2 is 2.38 bits per heavy atom. The van der Waals surface area contributed by atoms with Gasteiger partial charge in [0.15, 0.2) is 11.6 Å². The van der Waals surface area contributed by atoms with E-state index < -0.39 is 6.10 Å². The first-order chi connectivity index (χ1) is 6.11. The predicted molar refractivity (Wildman–Crippen MR) is 49.1 cm³/mol. The van der Waals surface area contributed by atoms with Crippen molar-refractivity contribution in [1.29, 1.82) is 0 Å². The molecule has 0 radical (unpaired) electrons. The molecule has 1 aromatic rings. The van der Waals surface area contributed by atoms with Gasteiger partial charge >= 0.3 is 0 Å². The number of aromatic nitrogens is 1. The van der Waals surface area contributed by atoms with Gasteiger partial charge in [-0.05, 0) is 19.1 Å². The molecule has 13 heavy (non-hydrogen) atoms. The first-order valence-corrected chi connectivity index (χ1v) is 4.11. The van der Waals surface area contributed by atoms with Gasteiger partial charge < -0.3 is 10.0 Å². The standard InChI is InChI=1S/C9H13FN2O/c1-7(13)6-12(2)9-8(10)4-3-5-11-9/h3-5,7,13H,6H2,1-2H3. The largest absolute Gasteiger partial charge is 0.392 e. The zero-order chi connectivity index (χ0) is 9.84. The highest BCUT2D eigenvalue weighted by molar-refractivity contribution is 5.38. The van der Waals surface area contributed by atoms with Gasteiger partial charge in [0.05, 0.1) is 6.10 Å². The molecule has 0 aliphatic carbocycles. The highest BCUT2D eigenvalue weighted by Gasteiger charge is 2.09. The summed E-state index contributed by atoms with van der Waals surface area (Å²) in [4.78, 5) is 5.45. The van der Waals surface area contributed by atoms with E-state index >= 15 is 0 Å². The van der Waals surface area contributed by atoms with E-state index in [2.05, 4.69) is 4.98 Å². The number of nitrogens with zero attached hydrogens (tertiary/aromatic N) is 2. The molecule has 0 aliphatic heterocycles. The summed E-state index contributed by atoms with van der Waals surface area (Å²) in [5, 5.41) is 9.08. The van der Waals surface area contributed by atoms with Crippen LogP contribution in [0.25, 0.3) is 0 Å². The minimum absolute atomic E-state index is 0.267. The van der Waals surface area contributed by atoms with Gasteiger partial charge in [-0.1, -0.05) is 0 Å². The van der Waals surface area contributed by atoms with Crippen LogP contribution in [0.4, 0.5) is 10.2 Å². The first-order valence-electron chi connectivity index (χ1n) is 4.11. The molecule has 1 N–H and O–H groups in total. The number of rotatable bonds is 3. The third-order valence-electron chi connectivity index (χ3n) is 1.64. The summed E-state index contributed by atoms with van der Waals surface area (Å²) < 4.78 is 13.1. The Balaban J connectivity index is 2.76. The number of hydrogen-bond acceptors (Lipinski definition) is 3. The van der Waals surface area contributed by atoms with E-state index in [9.17, 15) is 4.39 Å². The minimum Gasteiger partial charge on any atom is -0.392 e. The second kappa shape index (κ2) is 4.18. The van der Waals surface area contributed by atoms with Gasteiger partial charge in [0.25, 0.3) is 0 Å². The molecule has 1 rings (SSSR count). The van der Waals surface area contributed by atoms with Gasteiger partial charge in [-0.25, -0.2) is 9.37 Å². The average molecular weight is 184 g/mol. The van der Waals surface area contributed by atoms with Crippen molar-refractivity contribution in [2.45, 2.75) is 13.0 Å². The maximum absolute atomic E-state index is 13.1. The second-order valence-corrected chi connectivity index (χ2v) is 3.04. The number of hydrogen-bond donors (Lipinski definition) is 1. The van der Waals surface area contributed by atoms with Crippen molar-refractivity contribution in [2.75, 3.05) is 18.5 Å². The zero-order valence-corrected chi connectivity index (χ0v) is 7.74. The molecule has 1 atom stereocenters. The Labute approximate surface area is 76.8 Å². The highest BCUT2D eigenvalue weighted by atomic mass is 19.1. The van der Waals surface area contributed by atoms with E-state index in [1.54, 1.807) is 18.9 Å². The van der Waals surface area contributed by atoms with Crippen LogP contribution < -0.4 is 4.90 Å².